The lowest BCUT2D eigenvalue weighted by Gasteiger charge is -2.42. The molecule has 0 saturated carbocycles. The number of hydrogen-bond donors (Lipinski definition) is 0. The minimum absolute atomic E-state index is 0.0908. The van der Waals surface area contributed by atoms with E-state index in [1.165, 1.54) is 7.11 Å². The molecule has 1 aliphatic heterocycles. The average Bonchev–Trinajstić information content (AvgIpc) is 2.43. The molecule has 0 radical (unpaired) electrons. The van der Waals surface area contributed by atoms with Crippen molar-refractivity contribution >= 4 is 12.1 Å². The predicted molar refractivity (Wildman–Crippen MR) is 78.0 cm³/mol. The van der Waals surface area contributed by atoms with Crippen LogP contribution in [-0.2, 0) is 19.0 Å². The summed E-state index contributed by atoms with van der Waals surface area (Å²) in [4.78, 5) is 25.1. The lowest BCUT2D eigenvalue weighted by Crippen LogP contribution is -2.53. The zero-order chi connectivity index (χ0) is 16.1. The number of carbonyl (C=O) groups is 2. The summed E-state index contributed by atoms with van der Waals surface area (Å²) in [5.74, 6) is -0.405. The van der Waals surface area contributed by atoms with Crippen molar-refractivity contribution in [2.24, 2.45) is 0 Å². The van der Waals surface area contributed by atoms with Crippen molar-refractivity contribution in [1.29, 1.82) is 0 Å². The molecule has 1 saturated heterocycles. The van der Waals surface area contributed by atoms with Gasteiger partial charge in [0.25, 0.3) is 0 Å². The van der Waals surface area contributed by atoms with Gasteiger partial charge in [-0.15, -0.1) is 0 Å². The fourth-order valence-corrected chi connectivity index (χ4v) is 2.36. The van der Waals surface area contributed by atoms with E-state index in [0.29, 0.717) is 13.1 Å². The molecule has 1 rings (SSSR count). The topological polar surface area (TPSA) is 65.1 Å². The largest absolute Gasteiger partial charge is 0.467 e. The van der Waals surface area contributed by atoms with E-state index in [9.17, 15) is 9.59 Å². The molecule has 6 nitrogen and oxygen atoms in total. The van der Waals surface area contributed by atoms with Crippen molar-refractivity contribution in [2.45, 2.75) is 58.2 Å². The molecule has 6 heteroatoms. The van der Waals surface area contributed by atoms with Gasteiger partial charge in [0, 0.05) is 6.54 Å². The van der Waals surface area contributed by atoms with Crippen LogP contribution >= 0.6 is 0 Å². The van der Waals surface area contributed by atoms with Crippen LogP contribution in [0.2, 0.25) is 0 Å². The van der Waals surface area contributed by atoms with Crippen molar-refractivity contribution in [3.05, 3.63) is 0 Å². The summed E-state index contributed by atoms with van der Waals surface area (Å²) < 4.78 is 15.8. The van der Waals surface area contributed by atoms with Crippen molar-refractivity contribution in [2.75, 3.05) is 26.8 Å². The van der Waals surface area contributed by atoms with Crippen molar-refractivity contribution in [3.63, 3.8) is 0 Å². The molecule has 0 aromatic carbocycles. The minimum Gasteiger partial charge on any atom is -0.467 e. The number of hydrogen-bond acceptors (Lipinski definition) is 5. The monoisotopic (exact) mass is 301 g/mol. The Kier molecular flexibility index (Phi) is 6.01. The fraction of sp³-hybridized carbons (Fsp3) is 0.867. The number of rotatable bonds is 4. The Labute approximate surface area is 126 Å². The highest BCUT2D eigenvalue weighted by Gasteiger charge is 2.38. The van der Waals surface area contributed by atoms with Crippen LogP contribution in [0.25, 0.3) is 0 Å². The first kappa shape index (κ1) is 17.8. The van der Waals surface area contributed by atoms with E-state index in [4.69, 9.17) is 9.47 Å². The molecule has 122 valence electrons. The lowest BCUT2D eigenvalue weighted by molar-refractivity contribution is -0.157. The Hall–Kier alpha value is -1.30. The molecule has 0 spiro atoms. The molecule has 0 bridgehead atoms. The summed E-state index contributed by atoms with van der Waals surface area (Å²) in [6.07, 6.45) is 2.04. The van der Waals surface area contributed by atoms with Gasteiger partial charge in [-0.2, -0.15) is 0 Å². The van der Waals surface area contributed by atoms with Gasteiger partial charge in [-0.25, -0.2) is 9.59 Å². The lowest BCUT2D eigenvalue weighted by atomic mass is 9.90. The van der Waals surface area contributed by atoms with Crippen LogP contribution in [0.1, 0.15) is 47.0 Å². The van der Waals surface area contributed by atoms with Crippen LogP contribution in [0.4, 0.5) is 4.79 Å². The first-order valence-corrected chi connectivity index (χ1v) is 7.40. The zero-order valence-corrected chi connectivity index (χ0v) is 13.7. The molecule has 0 N–H and O–H groups in total. The smallest absolute Gasteiger partial charge is 0.410 e. The van der Waals surface area contributed by atoms with Gasteiger partial charge >= 0.3 is 12.1 Å². The third-order valence-corrected chi connectivity index (χ3v) is 3.56. The normalized spacial score (nSPS) is 22.8. The van der Waals surface area contributed by atoms with Crippen molar-refractivity contribution < 1.29 is 23.8 Å². The molecule has 1 aliphatic rings. The molecule has 1 heterocycles. The standard InChI is InChI=1S/C15H27NO5/c1-6-15(20-10-12(17)19-5)8-7-9-16(11-15)13(18)21-14(2,3)4/h6-11H2,1-5H3. The highest BCUT2D eigenvalue weighted by atomic mass is 16.6. The number of esters is 1. The van der Waals surface area contributed by atoms with Crippen LogP contribution in [0.5, 0.6) is 0 Å². The number of methoxy groups -OCH3 is 1. The molecule has 0 aromatic heterocycles. The highest BCUT2D eigenvalue weighted by Crippen LogP contribution is 2.29. The highest BCUT2D eigenvalue weighted by molar-refractivity contribution is 5.70. The maximum Gasteiger partial charge on any atom is 0.410 e. The molecule has 1 amide bonds. The van der Waals surface area contributed by atoms with Gasteiger partial charge in [0.2, 0.25) is 0 Å². The maximum atomic E-state index is 12.2. The first-order valence-electron chi connectivity index (χ1n) is 7.40. The third-order valence-electron chi connectivity index (χ3n) is 3.56. The summed E-state index contributed by atoms with van der Waals surface area (Å²) in [6.45, 7) is 8.52. The summed E-state index contributed by atoms with van der Waals surface area (Å²) in [5, 5.41) is 0. The van der Waals surface area contributed by atoms with Gasteiger partial charge in [-0.3, -0.25) is 0 Å². The molecule has 1 atom stereocenters. The van der Waals surface area contributed by atoms with Crippen LogP contribution in [0, 0.1) is 0 Å². The van der Waals surface area contributed by atoms with Gasteiger partial charge in [-0.1, -0.05) is 6.92 Å². The van der Waals surface area contributed by atoms with Gasteiger partial charge in [0.1, 0.15) is 12.2 Å². The predicted octanol–water partition coefficient (Wildman–Crippen LogP) is 2.36. The SMILES string of the molecule is CCC1(OCC(=O)OC)CCCN(C(=O)OC(C)(C)C)C1. The van der Waals surface area contributed by atoms with E-state index < -0.39 is 17.2 Å². The second-order valence-electron chi connectivity index (χ2n) is 6.41. The molecule has 0 aliphatic carbocycles. The Bertz CT molecular complexity index is 377. The van der Waals surface area contributed by atoms with Gasteiger partial charge in [0.05, 0.1) is 19.3 Å². The van der Waals surface area contributed by atoms with Gasteiger partial charge in [0.15, 0.2) is 0 Å². The van der Waals surface area contributed by atoms with E-state index in [0.717, 1.165) is 19.3 Å². The van der Waals surface area contributed by atoms with E-state index in [1.54, 1.807) is 4.90 Å². The van der Waals surface area contributed by atoms with Gasteiger partial charge in [-0.05, 0) is 40.0 Å². The second-order valence-corrected chi connectivity index (χ2v) is 6.41. The van der Waals surface area contributed by atoms with E-state index in [-0.39, 0.29) is 12.7 Å². The Morgan fingerprint density at radius 2 is 1.95 bits per heavy atom. The number of ether oxygens (including phenoxy) is 3. The number of carbonyl (C=O) groups excluding carboxylic acids is 2. The fourth-order valence-electron chi connectivity index (χ4n) is 2.36. The second kappa shape index (κ2) is 7.11. The van der Waals surface area contributed by atoms with Crippen LogP contribution in [0.15, 0.2) is 0 Å². The van der Waals surface area contributed by atoms with Crippen LogP contribution < -0.4 is 0 Å². The minimum atomic E-state index is -0.518. The number of piperidine rings is 1. The molecule has 1 fully saturated rings. The summed E-state index contributed by atoms with van der Waals surface area (Å²) >= 11 is 0. The third kappa shape index (κ3) is 5.53. The molecule has 1 unspecified atom stereocenters. The van der Waals surface area contributed by atoms with Crippen LogP contribution in [0.3, 0.4) is 0 Å². The molecule has 21 heavy (non-hydrogen) atoms. The molecular formula is C15H27NO5. The molecule has 0 aromatic rings. The van der Waals surface area contributed by atoms with E-state index >= 15 is 0 Å². The van der Waals surface area contributed by atoms with Crippen molar-refractivity contribution in [1.82, 2.24) is 4.90 Å². The quantitative estimate of drug-likeness (QED) is 0.746. The number of nitrogens with zero attached hydrogens (tertiary/aromatic N) is 1. The Balaban J connectivity index is 2.67. The number of likely N-dealkylation sites (tertiary alicyclic amines) is 1. The zero-order valence-electron chi connectivity index (χ0n) is 13.7. The van der Waals surface area contributed by atoms with E-state index in [2.05, 4.69) is 4.74 Å². The average molecular weight is 301 g/mol. The summed E-state index contributed by atoms with van der Waals surface area (Å²) in [5.41, 5.74) is -1.01. The first-order chi connectivity index (χ1) is 9.71. The Morgan fingerprint density at radius 1 is 1.29 bits per heavy atom. The summed E-state index contributed by atoms with van der Waals surface area (Å²) in [6, 6.07) is 0. The van der Waals surface area contributed by atoms with Crippen LogP contribution in [-0.4, -0.2) is 55.0 Å². The van der Waals surface area contributed by atoms with Gasteiger partial charge < -0.3 is 19.1 Å². The number of amides is 1. The summed E-state index contributed by atoms with van der Waals surface area (Å²) in [7, 11) is 1.33. The Morgan fingerprint density at radius 3 is 2.48 bits per heavy atom. The maximum absolute atomic E-state index is 12.2. The van der Waals surface area contributed by atoms with E-state index in [1.807, 2.05) is 27.7 Å². The van der Waals surface area contributed by atoms with Crippen molar-refractivity contribution in [3.8, 4) is 0 Å². The molecular weight excluding hydrogens is 274 g/mol.